The molecule has 0 radical (unpaired) electrons. The van der Waals surface area contributed by atoms with E-state index in [-0.39, 0.29) is 11.0 Å². The second-order valence-corrected chi connectivity index (χ2v) is 6.79. The fourth-order valence-corrected chi connectivity index (χ4v) is 3.23. The Kier molecular flexibility index (Phi) is 2.85. The van der Waals surface area contributed by atoms with E-state index in [4.69, 9.17) is 10.7 Å². The number of rotatable bonds is 1. The van der Waals surface area contributed by atoms with Gasteiger partial charge in [0.1, 0.15) is 5.01 Å². The average molecular weight is 239 g/mol. The zero-order valence-electron chi connectivity index (χ0n) is 10.6. The highest BCUT2D eigenvalue weighted by atomic mass is 32.1. The molecule has 0 aromatic carbocycles. The van der Waals surface area contributed by atoms with Crippen molar-refractivity contribution in [1.82, 2.24) is 9.88 Å². The molecule has 0 amide bonds. The summed E-state index contributed by atoms with van der Waals surface area (Å²) in [5.74, 6) is 0. The highest BCUT2D eigenvalue weighted by Gasteiger charge is 2.37. The summed E-state index contributed by atoms with van der Waals surface area (Å²) >= 11 is 1.71. The first-order valence-corrected chi connectivity index (χ1v) is 6.63. The molecule has 1 fully saturated rings. The van der Waals surface area contributed by atoms with E-state index in [1.54, 1.807) is 11.3 Å². The minimum Gasteiger partial charge on any atom is -0.318 e. The third-order valence-electron chi connectivity index (χ3n) is 3.19. The fraction of sp³-hybridized carbons (Fsp3) is 0.750. The molecule has 3 nitrogen and oxygen atoms in total. The molecule has 2 N–H and O–H groups in total. The van der Waals surface area contributed by atoms with Gasteiger partial charge in [0.15, 0.2) is 0 Å². The van der Waals surface area contributed by atoms with Gasteiger partial charge in [-0.15, -0.1) is 11.3 Å². The van der Waals surface area contributed by atoms with E-state index in [0.717, 1.165) is 30.2 Å². The number of aromatic nitrogens is 1. The molecule has 0 saturated carbocycles. The molecule has 4 heteroatoms. The number of thiazole rings is 1. The molecule has 2 rings (SSSR count). The van der Waals surface area contributed by atoms with Gasteiger partial charge in [-0.2, -0.15) is 0 Å². The molecular weight excluding hydrogens is 218 g/mol. The summed E-state index contributed by atoms with van der Waals surface area (Å²) in [5, 5.41) is 3.25. The summed E-state index contributed by atoms with van der Waals surface area (Å²) in [7, 11) is 2.12. The predicted octanol–water partition coefficient (Wildman–Crippen LogP) is 1.93. The van der Waals surface area contributed by atoms with Gasteiger partial charge in [-0.25, -0.2) is 4.98 Å². The lowest BCUT2D eigenvalue weighted by Gasteiger charge is -2.21. The van der Waals surface area contributed by atoms with Gasteiger partial charge < -0.3 is 10.6 Å². The average Bonchev–Trinajstić information content (AvgIpc) is 2.71. The van der Waals surface area contributed by atoms with Gasteiger partial charge in [-0.3, -0.25) is 0 Å². The summed E-state index contributed by atoms with van der Waals surface area (Å²) in [6.45, 7) is 8.56. The van der Waals surface area contributed by atoms with Gasteiger partial charge >= 0.3 is 0 Å². The molecule has 1 aliphatic heterocycles. The number of likely N-dealkylation sites (N-methyl/N-ethyl adjacent to an activating group) is 1. The van der Waals surface area contributed by atoms with Crippen molar-refractivity contribution >= 4 is 11.3 Å². The van der Waals surface area contributed by atoms with E-state index in [9.17, 15) is 0 Å². The van der Waals surface area contributed by atoms with Crippen LogP contribution in [0.2, 0.25) is 0 Å². The molecule has 2 heterocycles. The number of hydrogen-bond donors (Lipinski definition) is 1. The first kappa shape index (κ1) is 12.0. The van der Waals surface area contributed by atoms with Gasteiger partial charge in [-0.05, 0) is 13.5 Å². The third kappa shape index (κ3) is 2.14. The monoisotopic (exact) mass is 239 g/mol. The molecule has 1 aliphatic rings. The molecule has 1 unspecified atom stereocenters. The van der Waals surface area contributed by atoms with Crippen molar-refractivity contribution in [2.75, 3.05) is 20.1 Å². The maximum atomic E-state index is 6.43. The van der Waals surface area contributed by atoms with E-state index in [1.807, 2.05) is 0 Å². The highest BCUT2D eigenvalue weighted by molar-refractivity contribution is 7.09. The van der Waals surface area contributed by atoms with E-state index in [1.165, 1.54) is 0 Å². The van der Waals surface area contributed by atoms with E-state index >= 15 is 0 Å². The number of hydrogen-bond acceptors (Lipinski definition) is 4. The van der Waals surface area contributed by atoms with Gasteiger partial charge in [-0.1, -0.05) is 20.8 Å². The first-order valence-electron chi connectivity index (χ1n) is 5.75. The van der Waals surface area contributed by atoms with Crippen molar-refractivity contribution < 1.29 is 0 Å². The standard InChI is InChI=1S/C12H21N3S/c1-11(2,3)9-7-16-10(14-9)12(13)5-6-15(4)8-12/h7H,5-6,8,13H2,1-4H3. The van der Waals surface area contributed by atoms with Gasteiger partial charge in [0.2, 0.25) is 0 Å². The van der Waals surface area contributed by atoms with Crippen LogP contribution in [0.15, 0.2) is 5.38 Å². The summed E-state index contributed by atoms with van der Waals surface area (Å²) in [5.41, 5.74) is 7.49. The molecule has 90 valence electrons. The molecule has 1 aromatic rings. The minimum absolute atomic E-state index is 0.121. The molecule has 1 atom stereocenters. The number of nitrogens with zero attached hydrogens (tertiary/aromatic N) is 2. The highest BCUT2D eigenvalue weighted by Crippen LogP contribution is 2.33. The number of likely N-dealkylation sites (tertiary alicyclic amines) is 1. The maximum Gasteiger partial charge on any atom is 0.114 e. The van der Waals surface area contributed by atoms with Crippen LogP contribution in [0.3, 0.4) is 0 Å². The van der Waals surface area contributed by atoms with Crippen molar-refractivity contribution in [2.45, 2.75) is 38.1 Å². The van der Waals surface area contributed by atoms with E-state index < -0.39 is 0 Å². The van der Waals surface area contributed by atoms with Crippen LogP contribution < -0.4 is 5.73 Å². The second kappa shape index (κ2) is 3.79. The molecule has 16 heavy (non-hydrogen) atoms. The molecule has 1 aromatic heterocycles. The van der Waals surface area contributed by atoms with Crippen LogP contribution in [0.25, 0.3) is 0 Å². The predicted molar refractivity (Wildman–Crippen MR) is 68.8 cm³/mol. The summed E-state index contributed by atoms with van der Waals surface area (Å²) in [6, 6.07) is 0. The smallest absolute Gasteiger partial charge is 0.114 e. The lowest BCUT2D eigenvalue weighted by Crippen LogP contribution is -2.39. The van der Waals surface area contributed by atoms with Crippen molar-refractivity contribution in [3.05, 3.63) is 16.1 Å². The molecular formula is C12H21N3S. The van der Waals surface area contributed by atoms with Crippen LogP contribution in [0.1, 0.15) is 37.9 Å². The van der Waals surface area contributed by atoms with Crippen LogP contribution in [0, 0.1) is 0 Å². The Morgan fingerprint density at radius 1 is 1.50 bits per heavy atom. The lowest BCUT2D eigenvalue weighted by atomic mass is 9.93. The maximum absolute atomic E-state index is 6.43. The Morgan fingerprint density at radius 2 is 2.19 bits per heavy atom. The summed E-state index contributed by atoms with van der Waals surface area (Å²) in [4.78, 5) is 7.01. The Balaban J connectivity index is 2.25. The van der Waals surface area contributed by atoms with Crippen molar-refractivity contribution in [3.63, 3.8) is 0 Å². The lowest BCUT2D eigenvalue weighted by molar-refractivity contribution is 0.371. The van der Waals surface area contributed by atoms with Crippen LogP contribution in [-0.2, 0) is 11.0 Å². The summed E-state index contributed by atoms with van der Waals surface area (Å²) < 4.78 is 0. The third-order valence-corrected chi connectivity index (χ3v) is 4.25. The molecule has 0 bridgehead atoms. The van der Waals surface area contributed by atoms with Crippen LogP contribution in [0.5, 0.6) is 0 Å². The zero-order valence-corrected chi connectivity index (χ0v) is 11.4. The van der Waals surface area contributed by atoms with Gasteiger partial charge in [0.25, 0.3) is 0 Å². The van der Waals surface area contributed by atoms with Gasteiger partial charge in [0, 0.05) is 23.9 Å². The van der Waals surface area contributed by atoms with Crippen molar-refractivity contribution in [3.8, 4) is 0 Å². The molecule has 1 saturated heterocycles. The van der Waals surface area contributed by atoms with Crippen molar-refractivity contribution in [1.29, 1.82) is 0 Å². The van der Waals surface area contributed by atoms with Crippen LogP contribution in [-0.4, -0.2) is 30.0 Å². The Labute approximate surface area is 102 Å². The van der Waals surface area contributed by atoms with Crippen molar-refractivity contribution in [2.24, 2.45) is 5.73 Å². The zero-order chi connectivity index (χ0) is 12.0. The Bertz CT molecular complexity index is 380. The minimum atomic E-state index is -0.219. The van der Waals surface area contributed by atoms with E-state index in [0.29, 0.717) is 0 Å². The SMILES string of the molecule is CN1CCC(N)(c2nc(C(C)(C)C)cs2)C1. The van der Waals surface area contributed by atoms with Gasteiger partial charge in [0.05, 0.1) is 11.2 Å². The second-order valence-electron chi connectivity index (χ2n) is 5.93. The Morgan fingerprint density at radius 3 is 2.62 bits per heavy atom. The fourth-order valence-electron chi connectivity index (χ4n) is 2.05. The number of nitrogens with two attached hydrogens (primary N) is 1. The largest absolute Gasteiger partial charge is 0.318 e. The topological polar surface area (TPSA) is 42.1 Å². The quantitative estimate of drug-likeness (QED) is 0.814. The molecule has 0 aliphatic carbocycles. The van der Waals surface area contributed by atoms with Crippen LogP contribution in [0.4, 0.5) is 0 Å². The van der Waals surface area contributed by atoms with E-state index in [2.05, 4.69) is 38.1 Å². The van der Waals surface area contributed by atoms with Crippen LogP contribution >= 0.6 is 11.3 Å². The first-order chi connectivity index (χ1) is 7.31. The molecule has 0 spiro atoms. The normalized spacial score (nSPS) is 27.6. The Hall–Kier alpha value is -0.450. The summed E-state index contributed by atoms with van der Waals surface area (Å²) in [6.07, 6.45) is 1.01.